The Balaban J connectivity index is 1.34. The third-order valence-corrected chi connectivity index (χ3v) is 8.19. The van der Waals surface area contributed by atoms with Crippen LogP contribution in [0.15, 0.2) is 121 Å². The number of hydrogen-bond acceptors (Lipinski definition) is 8. The second kappa shape index (κ2) is 15.6. The summed E-state index contributed by atoms with van der Waals surface area (Å²) in [5.74, 6) is -1.99. The van der Waals surface area contributed by atoms with Crippen LogP contribution in [0.1, 0.15) is 43.0 Å². The molecule has 6 atom stereocenters. The fraction of sp³-hybridized carbons (Fsp3) is 0.375. The van der Waals surface area contributed by atoms with Gasteiger partial charge in [0.05, 0.1) is 33.0 Å². The van der Waals surface area contributed by atoms with E-state index in [-0.39, 0.29) is 19.8 Å². The summed E-state index contributed by atoms with van der Waals surface area (Å²) in [6.07, 6.45) is -3.87. The Hall–Kier alpha value is -3.89. The van der Waals surface area contributed by atoms with Gasteiger partial charge in [-0.25, -0.2) is 4.79 Å². The highest BCUT2D eigenvalue weighted by molar-refractivity contribution is 5.79. The largest absolute Gasteiger partial charge is 0.458 e. The van der Waals surface area contributed by atoms with Crippen molar-refractivity contribution in [2.45, 2.75) is 89.1 Å². The molecule has 1 spiro atoms. The van der Waals surface area contributed by atoms with Crippen molar-refractivity contribution in [2.75, 3.05) is 6.61 Å². The quantitative estimate of drug-likeness (QED) is 0.109. The second-order valence-electron chi connectivity index (χ2n) is 13.1. The molecule has 0 saturated carbocycles. The molecule has 0 bridgehead atoms. The van der Waals surface area contributed by atoms with Crippen LogP contribution >= 0.6 is 0 Å². The summed E-state index contributed by atoms with van der Waals surface area (Å²) in [5.41, 5.74) is 3.25. The molecule has 8 heteroatoms. The topological polar surface area (TPSA) is 85.0 Å². The number of ether oxygens (including phenoxy) is 7. The summed E-state index contributed by atoms with van der Waals surface area (Å²) in [5, 5.41) is 0. The normalized spacial score (nSPS) is 25.1. The Morgan fingerprint density at radius 2 is 1.04 bits per heavy atom. The molecule has 48 heavy (non-hydrogen) atoms. The Morgan fingerprint density at radius 1 is 0.604 bits per heavy atom. The van der Waals surface area contributed by atoms with E-state index in [2.05, 4.69) is 0 Å². The Labute approximate surface area is 282 Å². The molecule has 0 amide bonds. The number of carbonyl (C=O) groups is 1. The van der Waals surface area contributed by atoms with Crippen LogP contribution in [0.25, 0.3) is 0 Å². The summed E-state index contributed by atoms with van der Waals surface area (Å²) in [4.78, 5) is 13.5. The number of epoxide rings is 1. The summed E-state index contributed by atoms with van der Waals surface area (Å²) in [6.45, 7) is 6.85. The Bertz CT molecular complexity index is 1560. The zero-order chi connectivity index (χ0) is 33.4. The van der Waals surface area contributed by atoms with Crippen molar-refractivity contribution in [3.63, 3.8) is 0 Å². The van der Waals surface area contributed by atoms with Crippen molar-refractivity contribution in [3.8, 4) is 0 Å². The van der Waals surface area contributed by atoms with Crippen LogP contribution in [0.3, 0.4) is 0 Å². The van der Waals surface area contributed by atoms with E-state index in [1.54, 1.807) is 0 Å². The maximum atomic E-state index is 13.5. The molecule has 2 aliphatic heterocycles. The molecule has 0 radical (unpaired) electrons. The molecule has 2 aliphatic rings. The van der Waals surface area contributed by atoms with Crippen LogP contribution in [0.2, 0.25) is 0 Å². The monoisotopic (exact) mass is 652 g/mol. The van der Waals surface area contributed by atoms with Crippen LogP contribution in [-0.4, -0.2) is 54.5 Å². The van der Waals surface area contributed by atoms with E-state index >= 15 is 0 Å². The summed E-state index contributed by atoms with van der Waals surface area (Å²) in [7, 11) is 0. The first kappa shape index (κ1) is 34.0. The Kier molecular flexibility index (Phi) is 11.0. The van der Waals surface area contributed by atoms with Crippen molar-refractivity contribution in [1.29, 1.82) is 0 Å². The smallest absolute Gasteiger partial charge is 0.341 e. The molecule has 4 aromatic carbocycles. The fourth-order valence-corrected chi connectivity index (χ4v) is 5.89. The van der Waals surface area contributed by atoms with Crippen LogP contribution in [0.4, 0.5) is 0 Å². The van der Waals surface area contributed by atoms with Gasteiger partial charge in [-0.3, -0.25) is 0 Å². The van der Waals surface area contributed by atoms with Gasteiger partial charge in [0, 0.05) is 0 Å². The van der Waals surface area contributed by atoms with E-state index < -0.39 is 47.9 Å². The van der Waals surface area contributed by atoms with Gasteiger partial charge in [-0.15, -0.1) is 0 Å². The van der Waals surface area contributed by atoms with Gasteiger partial charge in [0.2, 0.25) is 11.9 Å². The molecular formula is C40H44O8. The van der Waals surface area contributed by atoms with E-state index in [1.807, 2.05) is 142 Å². The van der Waals surface area contributed by atoms with Gasteiger partial charge in [-0.2, -0.15) is 0 Å². The number of hydrogen-bond donors (Lipinski definition) is 0. The second-order valence-corrected chi connectivity index (χ2v) is 13.1. The first-order valence-corrected chi connectivity index (χ1v) is 16.5. The first-order valence-electron chi connectivity index (χ1n) is 16.5. The van der Waals surface area contributed by atoms with Crippen LogP contribution in [0, 0.1) is 0 Å². The molecular weight excluding hydrogens is 608 g/mol. The zero-order valence-corrected chi connectivity index (χ0v) is 27.7. The van der Waals surface area contributed by atoms with Crippen molar-refractivity contribution in [1.82, 2.24) is 0 Å². The minimum absolute atomic E-state index is 0.164. The highest BCUT2D eigenvalue weighted by atomic mass is 16.8. The lowest BCUT2D eigenvalue weighted by Gasteiger charge is -2.45. The average molecular weight is 653 g/mol. The van der Waals surface area contributed by atoms with Crippen LogP contribution in [-0.2, 0) is 64.4 Å². The van der Waals surface area contributed by atoms with Gasteiger partial charge >= 0.3 is 5.97 Å². The van der Waals surface area contributed by atoms with Gasteiger partial charge in [-0.05, 0) is 43.0 Å². The summed E-state index contributed by atoms with van der Waals surface area (Å²) >= 11 is 0. The highest BCUT2D eigenvalue weighted by Crippen LogP contribution is 2.51. The van der Waals surface area contributed by atoms with E-state index in [0.29, 0.717) is 13.2 Å². The predicted molar refractivity (Wildman–Crippen MR) is 179 cm³/mol. The van der Waals surface area contributed by atoms with Crippen molar-refractivity contribution < 1.29 is 38.0 Å². The molecule has 8 nitrogen and oxygen atoms in total. The fourth-order valence-electron chi connectivity index (χ4n) is 5.89. The number of rotatable bonds is 14. The van der Waals surface area contributed by atoms with E-state index in [9.17, 15) is 4.79 Å². The molecule has 2 fully saturated rings. The zero-order valence-electron chi connectivity index (χ0n) is 27.7. The third kappa shape index (κ3) is 8.76. The maximum Gasteiger partial charge on any atom is 0.341 e. The number of carbonyl (C=O) groups excluding carboxylic acids is 1. The molecule has 2 heterocycles. The van der Waals surface area contributed by atoms with Gasteiger partial charge in [-0.1, -0.05) is 121 Å². The molecule has 0 aromatic heterocycles. The molecule has 2 saturated heterocycles. The van der Waals surface area contributed by atoms with Crippen LogP contribution in [0.5, 0.6) is 0 Å². The predicted octanol–water partition coefficient (Wildman–Crippen LogP) is 6.80. The van der Waals surface area contributed by atoms with Crippen molar-refractivity contribution >= 4 is 5.97 Å². The Morgan fingerprint density at radius 3 is 1.52 bits per heavy atom. The highest BCUT2D eigenvalue weighted by Gasteiger charge is 2.75. The number of benzene rings is 4. The van der Waals surface area contributed by atoms with Gasteiger partial charge < -0.3 is 33.2 Å². The molecule has 0 N–H and O–H groups in total. The summed E-state index contributed by atoms with van der Waals surface area (Å²) in [6, 6.07) is 39.6. The van der Waals surface area contributed by atoms with Crippen molar-refractivity contribution in [2.24, 2.45) is 0 Å². The maximum absolute atomic E-state index is 13.5. The SMILES string of the molecule is CC(C)(C)OC(=O)[C@H]1O[C@@]12O[C@H](COCc1ccccc1)[C@@H](OCc1ccccc1)[C@H](OCc1ccccc1)[C@@H]2OCc1ccccc1. The molecule has 252 valence electrons. The average Bonchev–Trinajstić information content (AvgIpc) is 3.82. The van der Waals surface area contributed by atoms with E-state index in [1.165, 1.54) is 0 Å². The molecule has 0 unspecified atom stereocenters. The minimum Gasteiger partial charge on any atom is -0.458 e. The lowest BCUT2D eigenvalue weighted by molar-refractivity contribution is -0.304. The summed E-state index contributed by atoms with van der Waals surface area (Å²) < 4.78 is 45.1. The lowest BCUT2D eigenvalue weighted by Crippen LogP contribution is -2.64. The lowest BCUT2D eigenvalue weighted by atomic mass is 9.92. The van der Waals surface area contributed by atoms with E-state index in [4.69, 9.17) is 33.2 Å². The number of esters is 1. The van der Waals surface area contributed by atoms with Gasteiger partial charge in [0.15, 0.2) is 0 Å². The van der Waals surface area contributed by atoms with Crippen LogP contribution < -0.4 is 0 Å². The van der Waals surface area contributed by atoms with E-state index in [0.717, 1.165) is 22.3 Å². The van der Waals surface area contributed by atoms with Crippen molar-refractivity contribution in [3.05, 3.63) is 144 Å². The molecule has 0 aliphatic carbocycles. The van der Waals surface area contributed by atoms with Gasteiger partial charge in [0.25, 0.3) is 0 Å². The third-order valence-electron chi connectivity index (χ3n) is 8.19. The standard InChI is InChI=1S/C40H44O8/c1-39(2,3)48-38(41)37-40(47-37)36(45-27-32-22-14-7-15-23-32)35(44-26-31-20-12-6-13-21-31)34(43-25-30-18-10-5-11-19-30)33(46-40)28-42-24-29-16-8-4-9-17-29/h4-23,33-37H,24-28H2,1-3H3/t33-,34-,35+,36+,37-,40-/m1/s1. The molecule has 4 aromatic rings. The first-order chi connectivity index (χ1) is 23.3. The van der Waals surface area contributed by atoms with Gasteiger partial charge in [0.1, 0.15) is 30.0 Å². The molecule has 6 rings (SSSR count). The minimum atomic E-state index is -1.47.